The van der Waals surface area contributed by atoms with Gasteiger partial charge in [0.2, 0.25) is 5.89 Å². The topological polar surface area (TPSA) is 87.2 Å². The van der Waals surface area contributed by atoms with E-state index in [4.69, 9.17) is 4.52 Å². The lowest BCUT2D eigenvalue weighted by Crippen LogP contribution is -2.22. The van der Waals surface area contributed by atoms with E-state index in [0.717, 1.165) is 0 Å². The number of carbonyl (C=O) groups is 1. The van der Waals surface area contributed by atoms with Crippen molar-refractivity contribution in [2.45, 2.75) is 32.7 Å². The summed E-state index contributed by atoms with van der Waals surface area (Å²) in [6.45, 7) is 2.02. The summed E-state index contributed by atoms with van der Waals surface area (Å²) in [4.78, 5) is 27.1. The molecule has 0 saturated heterocycles. The molecule has 112 valence electrons. The zero-order valence-electron chi connectivity index (χ0n) is 12.0. The molecular formula is C14H17N3O4. The second-order valence-corrected chi connectivity index (χ2v) is 4.66. The Hall–Kier alpha value is -2.44. The van der Waals surface area contributed by atoms with Gasteiger partial charge in [0.05, 0.1) is 13.7 Å². The van der Waals surface area contributed by atoms with Crippen molar-refractivity contribution in [1.29, 1.82) is 0 Å². The van der Waals surface area contributed by atoms with Crippen LogP contribution in [0.2, 0.25) is 0 Å². The summed E-state index contributed by atoms with van der Waals surface area (Å²) in [5.74, 6) is 0.631. The SMILES string of the molecule is COC(=O)CCCc1nc(Cn2cccc(C)c2=O)no1. The Bertz CT molecular complexity index is 675. The van der Waals surface area contributed by atoms with E-state index in [9.17, 15) is 9.59 Å². The zero-order valence-corrected chi connectivity index (χ0v) is 12.0. The number of esters is 1. The fourth-order valence-corrected chi connectivity index (χ4v) is 1.88. The number of pyridine rings is 1. The van der Waals surface area contributed by atoms with Gasteiger partial charge in [-0.3, -0.25) is 9.59 Å². The summed E-state index contributed by atoms with van der Waals surface area (Å²) in [5.41, 5.74) is 0.592. The smallest absolute Gasteiger partial charge is 0.305 e. The minimum atomic E-state index is -0.263. The highest BCUT2D eigenvalue weighted by Crippen LogP contribution is 2.05. The van der Waals surface area contributed by atoms with Crippen molar-refractivity contribution in [2.24, 2.45) is 0 Å². The minimum absolute atomic E-state index is 0.0745. The molecule has 2 aromatic heterocycles. The molecule has 0 saturated carbocycles. The number of rotatable bonds is 6. The molecule has 2 heterocycles. The van der Waals surface area contributed by atoms with Crippen molar-refractivity contribution >= 4 is 5.97 Å². The molecule has 2 rings (SSSR count). The summed E-state index contributed by atoms with van der Waals surface area (Å²) in [5, 5.41) is 3.84. The van der Waals surface area contributed by atoms with Crippen LogP contribution in [0.15, 0.2) is 27.6 Å². The molecule has 0 amide bonds. The van der Waals surface area contributed by atoms with E-state index in [0.29, 0.717) is 36.5 Å². The van der Waals surface area contributed by atoms with Crippen LogP contribution >= 0.6 is 0 Å². The molecule has 0 radical (unpaired) electrons. The van der Waals surface area contributed by atoms with E-state index in [1.54, 1.807) is 25.3 Å². The van der Waals surface area contributed by atoms with Gasteiger partial charge < -0.3 is 13.8 Å². The van der Waals surface area contributed by atoms with E-state index in [1.165, 1.54) is 11.7 Å². The van der Waals surface area contributed by atoms with Crippen LogP contribution in [0.25, 0.3) is 0 Å². The largest absolute Gasteiger partial charge is 0.469 e. The summed E-state index contributed by atoms with van der Waals surface area (Å²) in [6, 6.07) is 3.56. The minimum Gasteiger partial charge on any atom is -0.469 e. The van der Waals surface area contributed by atoms with Crippen molar-refractivity contribution in [3.63, 3.8) is 0 Å². The van der Waals surface area contributed by atoms with Gasteiger partial charge in [0, 0.05) is 24.6 Å². The highest BCUT2D eigenvalue weighted by molar-refractivity contribution is 5.69. The van der Waals surface area contributed by atoms with E-state index in [2.05, 4.69) is 14.9 Å². The molecule has 0 spiro atoms. The fourth-order valence-electron chi connectivity index (χ4n) is 1.88. The Morgan fingerprint density at radius 1 is 1.48 bits per heavy atom. The van der Waals surface area contributed by atoms with Gasteiger partial charge in [-0.15, -0.1) is 0 Å². The predicted octanol–water partition coefficient (Wildman–Crippen LogP) is 1.08. The Balaban J connectivity index is 1.95. The number of ether oxygens (including phenoxy) is 1. The van der Waals surface area contributed by atoms with Gasteiger partial charge in [0.1, 0.15) is 0 Å². The summed E-state index contributed by atoms with van der Waals surface area (Å²) >= 11 is 0. The Morgan fingerprint density at radius 2 is 2.29 bits per heavy atom. The second kappa shape index (κ2) is 6.83. The van der Waals surface area contributed by atoms with E-state index in [1.807, 2.05) is 0 Å². The van der Waals surface area contributed by atoms with Crippen LogP contribution < -0.4 is 5.56 Å². The van der Waals surface area contributed by atoms with Crippen LogP contribution in [-0.2, 0) is 22.5 Å². The number of hydrogen-bond donors (Lipinski definition) is 0. The molecule has 2 aromatic rings. The molecule has 0 fully saturated rings. The van der Waals surface area contributed by atoms with E-state index < -0.39 is 0 Å². The van der Waals surface area contributed by atoms with Crippen molar-refractivity contribution < 1.29 is 14.1 Å². The van der Waals surface area contributed by atoms with Gasteiger partial charge in [0.15, 0.2) is 5.82 Å². The number of methoxy groups -OCH3 is 1. The average molecular weight is 291 g/mol. The molecule has 0 aliphatic carbocycles. The molecule has 0 aliphatic rings. The van der Waals surface area contributed by atoms with Gasteiger partial charge in [0.25, 0.3) is 5.56 Å². The number of aromatic nitrogens is 3. The molecule has 21 heavy (non-hydrogen) atoms. The normalized spacial score (nSPS) is 10.6. The predicted molar refractivity (Wildman–Crippen MR) is 73.8 cm³/mol. The molecule has 7 nitrogen and oxygen atoms in total. The van der Waals surface area contributed by atoms with Crippen LogP contribution in [0.3, 0.4) is 0 Å². The van der Waals surface area contributed by atoms with Gasteiger partial charge >= 0.3 is 5.97 Å². The third-order valence-corrected chi connectivity index (χ3v) is 3.03. The number of hydrogen-bond acceptors (Lipinski definition) is 6. The Morgan fingerprint density at radius 3 is 3.05 bits per heavy atom. The average Bonchev–Trinajstić information content (AvgIpc) is 2.91. The monoisotopic (exact) mass is 291 g/mol. The first kappa shape index (κ1) is 15.0. The summed E-state index contributed by atoms with van der Waals surface area (Å²) in [6.07, 6.45) is 3.08. The molecule has 0 bridgehead atoms. The maximum atomic E-state index is 11.9. The fraction of sp³-hybridized carbons (Fsp3) is 0.429. The summed E-state index contributed by atoms with van der Waals surface area (Å²) < 4.78 is 11.2. The van der Waals surface area contributed by atoms with Crippen LogP contribution in [0.1, 0.15) is 30.1 Å². The van der Waals surface area contributed by atoms with Gasteiger partial charge in [-0.2, -0.15) is 4.98 Å². The lowest BCUT2D eigenvalue weighted by molar-refractivity contribution is -0.140. The Kier molecular flexibility index (Phi) is 4.86. The van der Waals surface area contributed by atoms with Crippen LogP contribution in [0.4, 0.5) is 0 Å². The first-order chi connectivity index (χ1) is 10.1. The zero-order chi connectivity index (χ0) is 15.2. The van der Waals surface area contributed by atoms with Gasteiger partial charge in [-0.1, -0.05) is 11.2 Å². The molecule has 0 aliphatic heterocycles. The number of aryl methyl sites for hydroxylation is 2. The van der Waals surface area contributed by atoms with E-state index in [-0.39, 0.29) is 18.1 Å². The lowest BCUT2D eigenvalue weighted by atomic mass is 10.2. The van der Waals surface area contributed by atoms with E-state index >= 15 is 0 Å². The first-order valence-electron chi connectivity index (χ1n) is 6.64. The molecule has 0 atom stereocenters. The third-order valence-electron chi connectivity index (χ3n) is 3.03. The standard InChI is InChI=1S/C14H17N3O4/c1-10-5-4-8-17(14(10)19)9-11-15-12(21-16-11)6-3-7-13(18)20-2/h4-5,8H,3,6-7,9H2,1-2H3. The number of carbonyl (C=O) groups excluding carboxylic acids is 1. The van der Waals surface area contributed by atoms with Crippen LogP contribution in [-0.4, -0.2) is 27.8 Å². The van der Waals surface area contributed by atoms with Crippen LogP contribution in [0, 0.1) is 6.92 Å². The maximum absolute atomic E-state index is 11.9. The second-order valence-electron chi connectivity index (χ2n) is 4.66. The molecular weight excluding hydrogens is 274 g/mol. The highest BCUT2D eigenvalue weighted by Gasteiger charge is 2.09. The van der Waals surface area contributed by atoms with Crippen molar-refractivity contribution in [3.05, 3.63) is 46.0 Å². The third kappa shape index (κ3) is 4.01. The molecule has 0 aromatic carbocycles. The van der Waals surface area contributed by atoms with Crippen molar-refractivity contribution in [2.75, 3.05) is 7.11 Å². The van der Waals surface area contributed by atoms with Crippen molar-refractivity contribution in [3.8, 4) is 0 Å². The molecule has 7 heteroatoms. The number of nitrogens with zero attached hydrogens (tertiary/aromatic N) is 3. The highest BCUT2D eigenvalue weighted by atomic mass is 16.5. The van der Waals surface area contributed by atoms with Gasteiger partial charge in [-0.05, 0) is 19.4 Å². The van der Waals surface area contributed by atoms with Crippen LogP contribution in [0.5, 0.6) is 0 Å². The first-order valence-corrected chi connectivity index (χ1v) is 6.64. The van der Waals surface area contributed by atoms with Gasteiger partial charge in [-0.25, -0.2) is 0 Å². The molecule has 0 N–H and O–H groups in total. The summed E-state index contributed by atoms with van der Waals surface area (Å²) in [7, 11) is 1.35. The quantitative estimate of drug-likeness (QED) is 0.740. The maximum Gasteiger partial charge on any atom is 0.305 e. The lowest BCUT2D eigenvalue weighted by Gasteiger charge is -2.02. The molecule has 0 unspecified atom stereocenters. The van der Waals surface area contributed by atoms with Crippen molar-refractivity contribution in [1.82, 2.24) is 14.7 Å². The Labute approximate surface area is 121 Å².